The number of ether oxygens (including phenoxy) is 2. The van der Waals surface area contributed by atoms with Gasteiger partial charge in [0.15, 0.2) is 6.29 Å². The molecule has 2 N–H and O–H groups in total. The van der Waals surface area contributed by atoms with E-state index in [1.165, 1.54) is 19.3 Å². The number of carbonyl (C=O) groups excluding carboxylic acids is 2. The Labute approximate surface area is 267 Å². The molecule has 4 aliphatic heterocycles. The van der Waals surface area contributed by atoms with E-state index in [4.69, 9.17) is 9.47 Å². The average molecular weight is 645 g/mol. The molecular weight excluding hydrogens is 601 g/mol. The first kappa shape index (κ1) is 32.9. The van der Waals surface area contributed by atoms with Crippen LogP contribution < -0.4 is 5.32 Å². The first-order valence-electron chi connectivity index (χ1n) is 16.4. The molecule has 2 amide bonds. The molecule has 0 spiro atoms. The van der Waals surface area contributed by atoms with Crippen LogP contribution in [0.15, 0.2) is 48.5 Å². The maximum atomic E-state index is 13.1. The molecule has 4 heterocycles. The number of nitrogens with one attached hydrogen (secondary N) is 1. The molecule has 0 radical (unpaired) electrons. The highest BCUT2D eigenvalue weighted by molar-refractivity contribution is 5.98. The molecule has 0 aliphatic carbocycles. The number of halogens is 3. The van der Waals surface area contributed by atoms with Gasteiger partial charge in [-0.25, -0.2) is 0 Å². The number of rotatable bonds is 9. The summed E-state index contributed by atoms with van der Waals surface area (Å²) in [5.41, 5.74) is 2.85. The van der Waals surface area contributed by atoms with Crippen molar-refractivity contribution in [3.05, 3.63) is 65.2 Å². The van der Waals surface area contributed by atoms with Crippen LogP contribution in [0.3, 0.4) is 0 Å². The van der Waals surface area contributed by atoms with E-state index in [2.05, 4.69) is 15.1 Å². The number of hydrogen-bond donors (Lipinski definition) is 2. The lowest BCUT2D eigenvalue weighted by Crippen LogP contribution is -2.48. The number of anilines is 1. The van der Waals surface area contributed by atoms with Crippen molar-refractivity contribution < 1.29 is 37.3 Å². The summed E-state index contributed by atoms with van der Waals surface area (Å²) in [5.74, 6) is -2.65. The molecule has 0 aromatic heterocycles. The molecule has 9 nitrogen and oxygen atoms in total. The first-order valence-corrected chi connectivity index (χ1v) is 16.4. The summed E-state index contributed by atoms with van der Waals surface area (Å²) in [5, 5.41) is 12.3. The third kappa shape index (κ3) is 7.74. The number of nitrogens with zero attached hydrogens (tertiary/aromatic N) is 3. The minimum absolute atomic E-state index is 0.0466. The summed E-state index contributed by atoms with van der Waals surface area (Å²) in [6.07, 6.45) is -0.179. The zero-order chi connectivity index (χ0) is 32.3. The van der Waals surface area contributed by atoms with Gasteiger partial charge in [-0.3, -0.25) is 14.5 Å². The van der Waals surface area contributed by atoms with Crippen LogP contribution in [0.2, 0.25) is 0 Å². The van der Waals surface area contributed by atoms with Crippen molar-refractivity contribution in [1.82, 2.24) is 14.7 Å². The molecule has 5 atom stereocenters. The second-order valence-corrected chi connectivity index (χ2v) is 12.9. The monoisotopic (exact) mass is 644 g/mol. The van der Waals surface area contributed by atoms with Gasteiger partial charge in [-0.15, -0.1) is 0 Å². The summed E-state index contributed by atoms with van der Waals surface area (Å²) in [4.78, 5) is 30.7. The van der Waals surface area contributed by atoms with Gasteiger partial charge >= 0.3 is 12.1 Å². The minimum atomic E-state index is -5.03. The fraction of sp³-hybridized carbons (Fsp3) is 0.588. The van der Waals surface area contributed by atoms with E-state index in [9.17, 15) is 27.9 Å². The van der Waals surface area contributed by atoms with Gasteiger partial charge in [-0.1, -0.05) is 36.4 Å². The molecule has 6 rings (SSSR count). The number of aliphatic hydroxyl groups excluding tert-OH is 1. The van der Waals surface area contributed by atoms with E-state index in [0.29, 0.717) is 35.0 Å². The van der Waals surface area contributed by atoms with Gasteiger partial charge in [-0.05, 0) is 81.4 Å². The van der Waals surface area contributed by atoms with Gasteiger partial charge in [0.1, 0.15) is 6.04 Å². The second-order valence-electron chi connectivity index (χ2n) is 12.9. The zero-order valence-electron chi connectivity index (χ0n) is 26.0. The Morgan fingerprint density at radius 2 is 1.65 bits per heavy atom. The van der Waals surface area contributed by atoms with Crippen LogP contribution in [-0.4, -0.2) is 95.3 Å². The topological polar surface area (TPSA) is 94.6 Å². The molecule has 4 fully saturated rings. The summed E-state index contributed by atoms with van der Waals surface area (Å²) in [7, 11) is 0. The predicted octanol–water partition coefficient (Wildman–Crippen LogP) is 4.78. The first-order chi connectivity index (χ1) is 22.2. The van der Waals surface area contributed by atoms with Crippen molar-refractivity contribution in [2.24, 2.45) is 0 Å². The van der Waals surface area contributed by atoms with Gasteiger partial charge in [0.2, 0.25) is 5.91 Å². The van der Waals surface area contributed by atoms with Gasteiger partial charge in [0.25, 0.3) is 0 Å². The Hall–Kier alpha value is -3.03. The molecule has 2 aromatic carbocycles. The van der Waals surface area contributed by atoms with Crippen LogP contribution >= 0.6 is 0 Å². The Balaban J connectivity index is 1.18. The summed E-state index contributed by atoms with van der Waals surface area (Å²) in [6.45, 7) is 5.04. The number of alkyl halides is 3. The van der Waals surface area contributed by atoms with Crippen molar-refractivity contribution in [3.63, 3.8) is 0 Å². The average Bonchev–Trinajstić information content (AvgIpc) is 3.84. The van der Waals surface area contributed by atoms with Crippen molar-refractivity contribution >= 4 is 17.5 Å². The van der Waals surface area contributed by atoms with Crippen molar-refractivity contribution in [2.45, 2.75) is 88.3 Å². The maximum absolute atomic E-state index is 13.1. The zero-order valence-corrected chi connectivity index (χ0v) is 26.0. The van der Waals surface area contributed by atoms with Crippen LogP contribution in [0.1, 0.15) is 74.0 Å². The predicted molar refractivity (Wildman–Crippen MR) is 165 cm³/mol. The van der Waals surface area contributed by atoms with Crippen LogP contribution in [0.25, 0.3) is 0 Å². The largest absolute Gasteiger partial charge is 0.471 e. The quantitative estimate of drug-likeness (QED) is 0.406. The van der Waals surface area contributed by atoms with E-state index in [-0.39, 0.29) is 31.8 Å². The highest BCUT2D eigenvalue weighted by Gasteiger charge is 2.47. The number of benzene rings is 2. The molecule has 0 bridgehead atoms. The molecule has 46 heavy (non-hydrogen) atoms. The highest BCUT2D eigenvalue weighted by atomic mass is 19.4. The highest BCUT2D eigenvalue weighted by Crippen LogP contribution is 2.39. The molecule has 4 saturated heterocycles. The minimum Gasteiger partial charge on any atom is -0.392 e. The summed E-state index contributed by atoms with van der Waals surface area (Å²) in [6, 6.07) is 14.0. The van der Waals surface area contributed by atoms with E-state index < -0.39 is 30.3 Å². The molecule has 250 valence electrons. The van der Waals surface area contributed by atoms with Gasteiger partial charge in [0.05, 0.1) is 18.8 Å². The molecular formula is C34H43F3N4O5. The summed E-state index contributed by atoms with van der Waals surface area (Å²) >= 11 is 0. The van der Waals surface area contributed by atoms with Crippen LogP contribution in [0.4, 0.5) is 18.9 Å². The lowest BCUT2D eigenvalue weighted by Gasteiger charge is -2.39. The second kappa shape index (κ2) is 14.4. The van der Waals surface area contributed by atoms with E-state index in [1.807, 2.05) is 30.3 Å². The molecule has 0 unspecified atom stereocenters. The van der Waals surface area contributed by atoms with Gasteiger partial charge in [-0.2, -0.15) is 13.2 Å². The lowest BCUT2D eigenvalue weighted by atomic mass is 9.99. The van der Waals surface area contributed by atoms with Crippen LogP contribution in [0.5, 0.6) is 0 Å². The van der Waals surface area contributed by atoms with E-state index >= 15 is 0 Å². The third-order valence-corrected chi connectivity index (χ3v) is 9.70. The number of hydrogen-bond acceptors (Lipinski definition) is 7. The van der Waals surface area contributed by atoms with Crippen molar-refractivity contribution in [2.75, 3.05) is 44.6 Å². The Bertz CT molecular complexity index is 1350. The number of aliphatic hydroxyl groups is 1. The van der Waals surface area contributed by atoms with Crippen molar-refractivity contribution in [1.29, 1.82) is 0 Å². The number of carbonyl (C=O) groups is 2. The number of likely N-dealkylation sites (tertiary alicyclic amines) is 3. The number of amides is 2. The Morgan fingerprint density at radius 1 is 0.891 bits per heavy atom. The lowest BCUT2D eigenvalue weighted by molar-refractivity contribution is -0.253. The fourth-order valence-electron chi connectivity index (χ4n) is 7.33. The standard InChI is InChI=1S/C34H43F3N4O5/c35-34(36,37)33(44)41-17-5-9-29(41)31(43)38-26-7-3-6-25(18-26)32-45-28(19-30(46-32)24-12-10-23(22-42)11-13-24)21-40-16-4-8-27(40)20-39-14-1-2-15-39/h3,6-7,10-13,18,27-30,32,42H,1-2,4-5,8-9,14-17,19-22H2,(H,38,43)/t27-,28+,29-,30-,32-/m0/s1. The van der Waals surface area contributed by atoms with E-state index in [1.54, 1.807) is 18.2 Å². The Kier molecular flexibility index (Phi) is 10.3. The van der Waals surface area contributed by atoms with Crippen molar-refractivity contribution in [3.8, 4) is 0 Å². The van der Waals surface area contributed by atoms with Crippen LogP contribution in [-0.2, 0) is 25.7 Å². The molecule has 2 aromatic rings. The fourth-order valence-corrected chi connectivity index (χ4v) is 7.33. The van der Waals surface area contributed by atoms with Gasteiger partial charge < -0.3 is 29.7 Å². The molecule has 12 heteroatoms. The van der Waals surface area contributed by atoms with E-state index in [0.717, 1.165) is 50.3 Å². The Morgan fingerprint density at radius 3 is 2.39 bits per heavy atom. The third-order valence-electron chi connectivity index (χ3n) is 9.70. The maximum Gasteiger partial charge on any atom is 0.471 e. The SMILES string of the molecule is O=C(Nc1cccc([C@H]2O[C@@H](CN3CCC[C@H]3CN3CCCC3)C[C@@H](c3ccc(CO)cc3)O2)c1)[C@@H]1CCCN1C(=O)C(F)(F)F. The molecule has 4 aliphatic rings. The smallest absolute Gasteiger partial charge is 0.392 e. The van der Waals surface area contributed by atoms with Gasteiger partial charge in [0, 0.05) is 43.3 Å². The van der Waals surface area contributed by atoms with Crippen LogP contribution in [0, 0.1) is 0 Å². The summed E-state index contributed by atoms with van der Waals surface area (Å²) < 4.78 is 52.5. The normalized spacial score (nSPS) is 27.7. The molecule has 0 saturated carbocycles.